The molecule has 0 unspecified atom stereocenters. The summed E-state index contributed by atoms with van der Waals surface area (Å²) in [6.07, 6.45) is 3.46. The molecule has 0 bridgehead atoms. The Labute approximate surface area is 150 Å². The molecule has 2 aromatic carbocycles. The van der Waals surface area contributed by atoms with E-state index in [1.165, 1.54) is 6.08 Å². The summed E-state index contributed by atoms with van der Waals surface area (Å²) < 4.78 is 0. The Morgan fingerprint density at radius 1 is 1.12 bits per heavy atom. The smallest absolute Gasteiger partial charge is 0.267 e. The Balaban J connectivity index is 1.76. The number of hydrogen-bond donors (Lipinski definition) is 4. The Kier molecular flexibility index (Phi) is 5.58. The van der Waals surface area contributed by atoms with Gasteiger partial charge in [0.15, 0.2) is 0 Å². The van der Waals surface area contributed by atoms with Crippen LogP contribution in [0.4, 0.5) is 0 Å². The van der Waals surface area contributed by atoms with Crippen molar-refractivity contribution in [2.24, 2.45) is 0 Å². The average Bonchev–Trinajstić information content (AvgIpc) is 3.10. The van der Waals surface area contributed by atoms with E-state index < -0.39 is 5.91 Å². The predicted molar refractivity (Wildman–Crippen MR) is 98.2 cm³/mol. The monoisotopic (exact) mass is 349 g/mol. The number of aliphatic hydroxyl groups excluding tert-OH is 1. The van der Waals surface area contributed by atoms with E-state index in [0.29, 0.717) is 12.1 Å². The van der Waals surface area contributed by atoms with Gasteiger partial charge in [0.1, 0.15) is 5.82 Å². The van der Waals surface area contributed by atoms with Crippen molar-refractivity contribution in [2.45, 2.75) is 13.0 Å². The molecule has 0 atom stereocenters. The number of amides is 1. The molecule has 1 amide bonds. The molecule has 3 aromatic rings. The van der Waals surface area contributed by atoms with Gasteiger partial charge >= 0.3 is 0 Å². The molecule has 0 spiro atoms. The van der Waals surface area contributed by atoms with Crippen LogP contribution in [0.25, 0.3) is 17.3 Å². The van der Waals surface area contributed by atoms with Gasteiger partial charge < -0.3 is 10.1 Å². The molecule has 132 valence electrons. The predicted octanol–water partition coefficient (Wildman–Crippen LogP) is 2.68. The molecule has 6 heteroatoms. The second-order valence-electron chi connectivity index (χ2n) is 5.76. The second kappa shape index (κ2) is 8.24. The standard InChI is InChI=1S/C20H19N3O3/c24-13-17-20(16-4-2-1-3-5-16)22-18(21-17)12-15-8-6-14(7-9-15)10-11-19(25)23-26/h1-11,24,26H,12-13H2,(H,21,22)(H,23,25). The number of nitrogens with one attached hydrogen (secondary N) is 2. The first-order valence-corrected chi connectivity index (χ1v) is 8.14. The van der Waals surface area contributed by atoms with Crippen LogP contribution in [0, 0.1) is 0 Å². The summed E-state index contributed by atoms with van der Waals surface area (Å²) in [5.41, 5.74) is 5.86. The zero-order valence-corrected chi connectivity index (χ0v) is 14.0. The van der Waals surface area contributed by atoms with Crippen LogP contribution in [0.15, 0.2) is 60.7 Å². The van der Waals surface area contributed by atoms with Crippen molar-refractivity contribution in [3.63, 3.8) is 0 Å². The maximum Gasteiger partial charge on any atom is 0.267 e. The van der Waals surface area contributed by atoms with E-state index in [9.17, 15) is 9.90 Å². The number of carbonyl (C=O) groups excluding carboxylic acids is 1. The molecule has 3 rings (SSSR count). The largest absolute Gasteiger partial charge is 0.390 e. The van der Waals surface area contributed by atoms with Gasteiger partial charge in [0, 0.05) is 18.1 Å². The number of aromatic nitrogens is 2. The zero-order chi connectivity index (χ0) is 18.4. The highest BCUT2D eigenvalue weighted by atomic mass is 16.5. The summed E-state index contributed by atoms with van der Waals surface area (Å²) in [6.45, 7) is -0.103. The van der Waals surface area contributed by atoms with E-state index in [4.69, 9.17) is 5.21 Å². The molecule has 0 aliphatic carbocycles. The summed E-state index contributed by atoms with van der Waals surface area (Å²) >= 11 is 0. The fourth-order valence-corrected chi connectivity index (χ4v) is 2.65. The van der Waals surface area contributed by atoms with Crippen LogP contribution < -0.4 is 5.48 Å². The van der Waals surface area contributed by atoms with Gasteiger partial charge in [-0.2, -0.15) is 0 Å². The highest BCUT2D eigenvalue weighted by molar-refractivity contribution is 5.90. The molecular weight excluding hydrogens is 330 g/mol. The van der Waals surface area contributed by atoms with Gasteiger partial charge in [0.2, 0.25) is 0 Å². The molecule has 0 fully saturated rings. The number of rotatable bonds is 6. The molecular formula is C20H19N3O3. The minimum Gasteiger partial charge on any atom is -0.390 e. The van der Waals surface area contributed by atoms with Crippen LogP contribution in [0.3, 0.4) is 0 Å². The van der Waals surface area contributed by atoms with E-state index in [1.807, 2.05) is 54.6 Å². The number of H-pyrrole nitrogens is 1. The number of aromatic amines is 1. The number of imidazole rings is 1. The number of benzene rings is 2. The van der Waals surface area contributed by atoms with Crippen LogP contribution in [0.5, 0.6) is 0 Å². The number of carbonyl (C=O) groups is 1. The Morgan fingerprint density at radius 3 is 2.50 bits per heavy atom. The molecule has 4 N–H and O–H groups in total. The highest BCUT2D eigenvalue weighted by Gasteiger charge is 2.11. The summed E-state index contributed by atoms with van der Waals surface area (Å²) in [4.78, 5) is 18.8. The third-order valence-electron chi connectivity index (χ3n) is 3.92. The average molecular weight is 349 g/mol. The van der Waals surface area contributed by atoms with Crippen LogP contribution in [-0.2, 0) is 17.8 Å². The minimum atomic E-state index is -0.574. The topological polar surface area (TPSA) is 98.2 Å². The molecule has 0 aliphatic heterocycles. The highest BCUT2D eigenvalue weighted by Crippen LogP contribution is 2.22. The molecule has 0 radical (unpaired) electrons. The van der Waals surface area contributed by atoms with Crippen LogP contribution in [-0.4, -0.2) is 26.2 Å². The van der Waals surface area contributed by atoms with E-state index in [0.717, 1.165) is 28.2 Å². The van der Waals surface area contributed by atoms with E-state index in [1.54, 1.807) is 11.6 Å². The molecule has 0 saturated heterocycles. The normalized spacial score (nSPS) is 11.0. The first kappa shape index (κ1) is 17.6. The maximum absolute atomic E-state index is 11.0. The summed E-state index contributed by atoms with van der Waals surface area (Å²) in [7, 11) is 0. The van der Waals surface area contributed by atoms with Gasteiger partial charge in [-0.3, -0.25) is 10.0 Å². The summed E-state index contributed by atoms with van der Waals surface area (Å²) in [5.74, 6) is 0.200. The Bertz CT molecular complexity index is 900. The van der Waals surface area contributed by atoms with Crippen molar-refractivity contribution in [3.8, 4) is 11.3 Å². The quantitative estimate of drug-likeness (QED) is 0.312. The lowest BCUT2D eigenvalue weighted by atomic mass is 10.1. The van der Waals surface area contributed by atoms with Crippen LogP contribution in [0.1, 0.15) is 22.6 Å². The third-order valence-corrected chi connectivity index (χ3v) is 3.92. The van der Waals surface area contributed by atoms with Gasteiger partial charge in [0.25, 0.3) is 5.91 Å². The van der Waals surface area contributed by atoms with Crippen molar-refractivity contribution in [2.75, 3.05) is 0 Å². The number of hydroxylamine groups is 1. The van der Waals surface area contributed by atoms with Gasteiger partial charge in [-0.15, -0.1) is 0 Å². The van der Waals surface area contributed by atoms with Crippen molar-refractivity contribution < 1.29 is 15.1 Å². The number of aliphatic hydroxyl groups is 1. The van der Waals surface area contributed by atoms with Gasteiger partial charge in [-0.05, 0) is 17.2 Å². The van der Waals surface area contributed by atoms with E-state index in [-0.39, 0.29) is 6.61 Å². The van der Waals surface area contributed by atoms with Gasteiger partial charge in [-0.25, -0.2) is 10.5 Å². The third kappa shape index (κ3) is 4.24. The zero-order valence-electron chi connectivity index (χ0n) is 14.0. The fourth-order valence-electron chi connectivity index (χ4n) is 2.65. The van der Waals surface area contributed by atoms with Crippen molar-refractivity contribution in [1.29, 1.82) is 0 Å². The molecule has 26 heavy (non-hydrogen) atoms. The summed E-state index contributed by atoms with van der Waals surface area (Å²) in [6, 6.07) is 17.4. The molecule has 0 saturated carbocycles. The first-order valence-electron chi connectivity index (χ1n) is 8.14. The Hall–Kier alpha value is -3.22. The van der Waals surface area contributed by atoms with Crippen molar-refractivity contribution in [3.05, 3.63) is 83.3 Å². The van der Waals surface area contributed by atoms with Crippen molar-refractivity contribution >= 4 is 12.0 Å². The van der Waals surface area contributed by atoms with Crippen molar-refractivity contribution in [1.82, 2.24) is 15.4 Å². The summed E-state index contributed by atoms with van der Waals surface area (Å²) in [5, 5.41) is 18.1. The lowest BCUT2D eigenvalue weighted by Gasteiger charge is -2.00. The number of hydrogen-bond acceptors (Lipinski definition) is 4. The maximum atomic E-state index is 11.0. The van der Waals surface area contributed by atoms with E-state index >= 15 is 0 Å². The minimum absolute atomic E-state index is 0.103. The fraction of sp³-hybridized carbons (Fsp3) is 0.100. The molecule has 1 heterocycles. The first-order chi connectivity index (χ1) is 12.7. The van der Waals surface area contributed by atoms with Gasteiger partial charge in [0.05, 0.1) is 18.0 Å². The SMILES string of the molecule is O=C(C=Cc1ccc(Cc2nc(-c3ccccc3)c(CO)[nH]2)cc1)NO. The molecule has 0 aliphatic rings. The molecule has 1 aromatic heterocycles. The Morgan fingerprint density at radius 2 is 1.85 bits per heavy atom. The lowest BCUT2D eigenvalue weighted by Crippen LogP contribution is -2.14. The van der Waals surface area contributed by atoms with E-state index in [2.05, 4.69) is 9.97 Å². The van der Waals surface area contributed by atoms with Crippen LogP contribution in [0.2, 0.25) is 0 Å². The van der Waals surface area contributed by atoms with Gasteiger partial charge in [-0.1, -0.05) is 54.6 Å². The number of nitrogens with zero attached hydrogens (tertiary/aromatic N) is 1. The second-order valence-corrected chi connectivity index (χ2v) is 5.76. The lowest BCUT2D eigenvalue weighted by molar-refractivity contribution is -0.124. The van der Waals surface area contributed by atoms with Crippen LogP contribution >= 0.6 is 0 Å². The molecule has 6 nitrogen and oxygen atoms in total.